The van der Waals surface area contributed by atoms with Crippen molar-refractivity contribution in [2.45, 2.75) is 11.3 Å². The first-order valence-corrected chi connectivity index (χ1v) is 5.09. The van der Waals surface area contributed by atoms with Crippen LogP contribution in [0.25, 0.3) is 0 Å². The lowest BCUT2D eigenvalue weighted by Crippen LogP contribution is -2.07. The third-order valence-electron chi connectivity index (χ3n) is 1.83. The van der Waals surface area contributed by atoms with Crippen molar-refractivity contribution >= 4 is 29.1 Å². The lowest BCUT2D eigenvalue weighted by molar-refractivity contribution is 0.0985. The van der Waals surface area contributed by atoms with Gasteiger partial charge < -0.3 is 0 Å². The zero-order chi connectivity index (χ0) is 8.55. The van der Waals surface area contributed by atoms with Gasteiger partial charge in [0, 0.05) is 27.7 Å². The lowest BCUT2D eigenvalue weighted by Gasteiger charge is -2.13. The van der Waals surface area contributed by atoms with Crippen molar-refractivity contribution in [2.24, 2.45) is 0 Å². The molecule has 0 aromatic heterocycles. The van der Waals surface area contributed by atoms with Gasteiger partial charge in [-0.25, -0.2) is 0 Å². The van der Waals surface area contributed by atoms with Crippen LogP contribution in [0.5, 0.6) is 0 Å². The normalized spacial score (nSPS) is 15.9. The molecule has 1 heterocycles. The monoisotopic (exact) mass is 198 g/mol. The molecule has 0 atom stereocenters. The molecule has 12 heavy (non-hydrogen) atoms. The van der Waals surface area contributed by atoms with Gasteiger partial charge in [0.1, 0.15) is 0 Å². The van der Waals surface area contributed by atoms with Gasteiger partial charge >= 0.3 is 0 Å². The minimum absolute atomic E-state index is 0.236. The second-order valence-corrected chi connectivity index (χ2v) is 4.24. The summed E-state index contributed by atoms with van der Waals surface area (Å²) in [4.78, 5) is 12.4. The number of carbonyl (C=O) groups excluding carboxylic acids is 1. The molecule has 1 nitrogen and oxygen atoms in total. The predicted molar refractivity (Wildman–Crippen MR) is 51.1 cm³/mol. The summed E-state index contributed by atoms with van der Waals surface area (Å²) in [5, 5.41) is 0.705. The molecule has 0 amide bonds. The van der Waals surface area contributed by atoms with E-state index >= 15 is 0 Å². The fourth-order valence-corrected chi connectivity index (χ4v) is 2.53. The van der Waals surface area contributed by atoms with Gasteiger partial charge in [0.05, 0.1) is 0 Å². The molecule has 0 bridgehead atoms. The average molecular weight is 199 g/mol. The molecule has 0 saturated carbocycles. The third-order valence-corrected chi connectivity index (χ3v) is 3.12. The van der Waals surface area contributed by atoms with Crippen molar-refractivity contribution in [3.63, 3.8) is 0 Å². The van der Waals surface area contributed by atoms with E-state index in [0.29, 0.717) is 11.4 Å². The SMILES string of the molecule is O=C1CCSc2cc(Cl)ccc21. The highest BCUT2D eigenvalue weighted by Crippen LogP contribution is 2.31. The molecule has 0 aliphatic carbocycles. The number of fused-ring (bicyclic) bond motifs is 1. The number of hydrogen-bond acceptors (Lipinski definition) is 2. The number of ketones is 1. The maximum absolute atomic E-state index is 11.3. The van der Waals surface area contributed by atoms with Gasteiger partial charge in [0.2, 0.25) is 0 Å². The van der Waals surface area contributed by atoms with Crippen LogP contribution in [0, 0.1) is 0 Å². The van der Waals surface area contributed by atoms with E-state index in [1.54, 1.807) is 17.8 Å². The Morgan fingerprint density at radius 3 is 3.08 bits per heavy atom. The molecule has 0 radical (unpaired) electrons. The van der Waals surface area contributed by atoms with Crippen LogP contribution in [0.15, 0.2) is 23.1 Å². The second-order valence-electron chi connectivity index (χ2n) is 2.66. The van der Waals surface area contributed by atoms with Crippen LogP contribution in [0.2, 0.25) is 5.02 Å². The second kappa shape index (κ2) is 3.11. The summed E-state index contributed by atoms with van der Waals surface area (Å²) in [5.41, 5.74) is 0.829. The van der Waals surface area contributed by atoms with E-state index in [4.69, 9.17) is 11.6 Å². The zero-order valence-corrected chi connectivity index (χ0v) is 7.91. The predicted octanol–water partition coefficient (Wildman–Crippen LogP) is 3.02. The molecule has 0 fully saturated rings. The Morgan fingerprint density at radius 1 is 1.42 bits per heavy atom. The van der Waals surface area contributed by atoms with Crippen LogP contribution in [-0.4, -0.2) is 11.5 Å². The zero-order valence-electron chi connectivity index (χ0n) is 6.34. The number of carbonyl (C=O) groups is 1. The highest BCUT2D eigenvalue weighted by Gasteiger charge is 2.16. The van der Waals surface area contributed by atoms with Crippen molar-refractivity contribution in [2.75, 3.05) is 5.75 Å². The van der Waals surface area contributed by atoms with Gasteiger partial charge in [-0.15, -0.1) is 11.8 Å². The first-order chi connectivity index (χ1) is 5.77. The molecule has 1 aromatic carbocycles. The Labute approximate surface area is 80.1 Å². The van der Waals surface area contributed by atoms with Crippen LogP contribution < -0.4 is 0 Å². The maximum Gasteiger partial charge on any atom is 0.164 e. The molecule has 2 rings (SSSR count). The Balaban J connectivity index is 2.53. The van der Waals surface area contributed by atoms with Crippen molar-refractivity contribution in [3.8, 4) is 0 Å². The summed E-state index contributed by atoms with van der Waals surface area (Å²) >= 11 is 7.50. The summed E-state index contributed by atoms with van der Waals surface area (Å²) in [6.07, 6.45) is 0.652. The van der Waals surface area contributed by atoms with Crippen LogP contribution in [0.4, 0.5) is 0 Å². The molecule has 0 unspecified atom stereocenters. The molecule has 1 aliphatic heterocycles. The maximum atomic E-state index is 11.3. The summed E-state index contributed by atoms with van der Waals surface area (Å²) in [6, 6.07) is 5.44. The van der Waals surface area contributed by atoms with E-state index in [9.17, 15) is 4.79 Å². The molecule has 3 heteroatoms. The van der Waals surface area contributed by atoms with Gasteiger partial charge in [-0.3, -0.25) is 4.79 Å². The first-order valence-electron chi connectivity index (χ1n) is 3.73. The van der Waals surface area contributed by atoms with Crippen LogP contribution >= 0.6 is 23.4 Å². The van der Waals surface area contributed by atoms with Gasteiger partial charge in [0.15, 0.2) is 5.78 Å². The molecular formula is C9H7ClOS. The summed E-state index contributed by atoms with van der Waals surface area (Å²) in [5.74, 6) is 1.12. The summed E-state index contributed by atoms with van der Waals surface area (Å²) in [7, 11) is 0. The number of hydrogen-bond donors (Lipinski definition) is 0. The Hall–Kier alpha value is -0.470. The van der Waals surface area contributed by atoms with Crippen LogP contribution in [-0.2, 0) is 0 Å². The number of benzene rings is 1. The molecule has 1 aromatic rings. The molecule has 0 saturated heterocycles. The third kappa shape index (κ3) is 1.37. The Bertz CT molecular complexity index is 335. The van der Waals surface area contributed by atoms with Crippen LogP contribution in [0.3, 0.4) is 0 Å². The quantitative estimate of drug-likeness (QED) is 0.638. The lowest BCUT2D eigenvalue weighted by atomic mass is 10.1. The number of Topliss-reactive ketones (excluding diaryl/α,β-unsaturated/α-hetero) is 1. The highest BCUT2D eigenvalue weighted by molar-refractivity contribution is 7.99. The number of halogens is 1. The fourth-order valence-electron chi connectivity index (χ4n) is 1.23. The van der Waals surface area contributed by atoms with Crippen molar-refractivity contribution < 1.29 is 4.79 Å². The van der Waals surface area contributed by atoms with E-state index in [0.717, 1.165) is 16.2 Å². The van der Waals surface area contributed by atoms with E-state index in [1.807, 2.05) is 12.1 Å². The number of thioether (sulfide) groups is 1. The van der Waals surface area contributed by atoms with Gasteiger partial charge in [-0.1, -0.05) is 11.6 Å². The van der Waals surface area contributed by atoms with E-state index in [1.165, 1.54) is 0 Å². The smallest absolute Gasteiger partial charge is 0.164 e. The minimum atomic E-state index is 0.236. The van der Waals surface area contributed by atoms with E-state index in [-0.39, 0.29) is 5.78 Å². The van der Waals surface area contributed by atoms with Gasteiger partial charge in [-0.05, 0) is 18.2 Å². The number of rotatable bonds is 0. The summed E-state index contributed by atoms with van der Waals surface area (Å²) < 4.78 is 0. The highest BCUT2D eigenvalue weighted by atomic mass is 35.5. The first kappa shape index (κ1) is 8.14. The van der Waals surface area contributed by atoms with E-state index < -0.39 is 0 Å². The van der Waals surface area contributed by atoms with Crippen molar-refractivity contribution in [3.05, 3.63) is 28.8 Å². The van der Waals surface area contributed by atoms with E-state index in [2.05, 4.69) is 0 Å². The Morgan fingerprint density at radius 2 is 2.25 bits per heavy atom. The molecule has 62 valence electrons. The van der Waals surface area contributed by atoms with Crippen LogP contribution in [0.1, 0.15) is 16.8 Å². The summed E-state index contributed by atoms with van der Waals surface area (Å²) in [6.45, 7) is 0. The molecule has 0 spiro atoms. The van der Waals surface area contributed by atoms with Gasteiger partial charge in [-0.2, -0.15) is 0 Å². The topological polar surface area (TPSA) is 17.1 Å². The minimum Gasteiger partial charge on any atom is -0.294 e. The average Bonchev–Trinajstić information content (AvgIpc) is 2.04. The molecule has 1 aliphatic rings. The molecule has 0 N–H and O–H groups in total. The van der Waals surface area contributed by atoms with Crippen molar-refractivity contribution in [1.82, 2.24) is 0 Å². The standard InChI is InChI=1S/C9H7ClOS/c10-6-1-2-7-8(11)3-4-12-9(7)5-6/h1-2,5H,3-4H2. The largest absolute Gasteiger partial charge is 0.294 e. The van der Waals surface area contributed by atoms with Crippen molar-refractivity contribution in [1.29, 1.82) is 0 Å². The fraction of sp³-hybridized carbons (Fsp3) is 0.222. The molecular weight excluding hydrogens is 192 g/mol. The Kier molecular flexibility index (Phi) is 2.11. The van der Waals surface area contributed by atoms with Gasteiger partial charge in [0.25, 0.3) is 0 Å².